The maximum absolute atomic E-state index is 5.67. The topological polar surface area (TPSA) is 50.9 Å². The van der Waals surface area contributed by atoms with Crippen LogP contribution in [0.2, 0.25) is 0 Å². The van der Waals surface area contributed by atoms with Crippen molar-refractivity contribution in [2.45, 2.75) is 20.0 Å². The second-order valence-electron chi connectivity index (χ2n) is 4.07. The molecule has 0 radical (unpaired) electrons. The Balaban J connectivity index is 2.04. The van der Waals surface area contributed by atoms with Gasteiger partial charge in [-0.25, -0.2) is 0 Å². The molecule has 1 aromatic heterocycles. The zero-order chi connectivity index (χ0) is 12.1. The molecule has 1 heterocycles. The molecule has 0 saturated heterocycles. The molecule has 88 valence electrons. The molecule has 3 nitrogen and oxygen atoms in total. The highest BCUT2D eigenvalue weighted by Gasteiger charge is 2.00. The smallest absolute Gasteiger partial charge is 0.0405 e. The van der Waals surface area contributed by atoms with E-state index in [1.54, 1.807) is 6.20 Å². The third-order valence-corrected chi connectivity index (χ3v) is 2.76. The molecule has 0 aliphatic heterocycles. The minimum atomic E-state index is 0.527. The number of nitrogens with two attached hydrogens (primary N) is 1. The summed E-state index contributed by atoms with van der Waals surface area (Å²) in [5.41, 5.74) is 10.3. The highest BCUT2D eigenvalue weighted by Crippen LogP contribution is 2.12. The zero-order valence-electron chi connectivity index (χ0n) is 9.98. The van der Waals surface area contributed by atoms with E-state index in [0.29, 0.717) is 6.54 Å². The molecule has 0 amide bonds. The van der Waals surface area contributed by atoms with Crippen molar-refractivity contribution in [2.75, 3.05) is 5.32 Å². The van der Waals surface area contributed by atoms with Gasteiger partial charge in [-0.15, -0.1) is 0 Å². The first-order chi connectivity index (χ1) is 8.29. The maximum Gasteiger partial charge on any atom is 0.0405 e. The number of nitrogens with zero attached hydrogens (tertiary/aromatic N) is 1. The minimum absolute atomic E-state index is 0.527. The van der Waals surface area contributed by atoms with Crippen molar-refractivity contribution >= 4 is 5.69 Å². The number of aryl methyl sites for hydroxylation is 1. The van der Waals surface area contributed by atoms with Crippen molar-refractivity contribution in [3.63, 3.8) is 0 Å². The summed E-state index contributed by atoms with van der Waals surface area (Å²) in [5.74, 6) is 0. The lowest BCUT2D eigenvalue weighted by molar-refractivity contribution is 0.987. The molecule has 0 saturated carbocycles. The van der Waals surface area contributed by atoms with Gasteiger partial charge in [-0.05, 0) is 36.2 Å². The highest BCUT2D eigenvalue weighted by atomic mass is 14.9. The number of nitrogens with one attached hydrogen (secondary N) is 1. The summed E-state index contributed by atoms with van der Waals surface area (Å²) in [7, 11) is 0. The Morgan fingerprint density at radius 3 is 2.59 bits per heavy atom. The van der Waals surface area contributed by atoms with Crippen LogP contribution in [-0.2, 0) is 13.1 Å². The Morgan fingerprint density at radius 2 is 1.88 bits per heavy atom. The highest BCUT2D eigenvalue weighted by molar-refractivity contribution is 5.45. The second kappa shape index (κ2) is 5.46. The summed E-state index contributed by atoms with van der Waals surface area (Å²) < 4.78 is 0. The molecule has 0 aliphatic carbocycles. The SMILES string of the molecule is Cc1ccc(NCc2ccncc2CN)cc1. The monoisotopic (exact) mass is 227 g/mol. The largest absolute Gasteiger partial charge is 0.381 e. The van der Waals surface area contributed by atoms with Gasteiger partial charge in [-0.2, -0.15) is 0 Å². The average molecular weight is 227 g/mol. The van der Waals surface area contributed by atoms with Gasteiger partial charge in [0.2, 0.25) is 0 Å². The Hall–Kier alpha value is -1.87. The zero-order valence-corrected chi connectivity index (χ0v) is 9.98. The van der Waals surface area contributed by atoms with Crippen LogP contribution in [0, 0.1) is 6.92 Å². The van der Waals surface area contributed by atoms with Crippen LogP contribution in [0.3, 0.4) is 0 Å². The number of anilines is 1. The maximum atomic E-state index is 5.67. The third-order valence-electron chi connectivity index (χ3n) is 2.76. The van der Waals surface area contributed by atoms with Gasteiger partial charge >= 0.3 is 0 Å². The van der Waals surface area contributed by atoms with E-state index in [4.69, 9.17) is 5.73 Å². The number of aromatic nitrogens is 1. The summed E-state index contributed by atoms with van der Waals surface area (Å²) in [4.78, 5) is 4.07. The second-order valence-corrected chi connectivity index (χ2v) is 4.07. The molecule has 3 heteroatoms. The van der Waals surface area contributed by atoms with Crippen molar-refractivity contribution in [3.8, 4) is 0 Å². The van der Waals surface area contributed by atoms with Crippen molar-refractivity contribution in [2.24, 2.45) is 5.73 Å². The lowest BCUT2D eigenvalue weighted by atomic mass is 10.1. The van der Waals surface area contributed by atoms with Crippen molar-refractivity contribution in [1.29, 1.82) is 0 Å². The van der Waals surface area contributed by atoms with Crippen LogP contribution >= 0.6 is 0 Å². The predicted octanol–water partition coefficient (Wildman–Crippen LogP) is 2.46. The summed E-state index contributed by atoms with van der Waals surface area (Å²) in [6.45, 7) is 3.38. The quantitative estimate of drug-likeness (QED) is 0.843. The van der Waals surface area contributed by atoms with E-state index >= 15 is 0 Å². The van der Waals surface area contributed by atoms with E-state index in [9.17, 15) is 0 Å². The molecule has 0 bridgehead atoms. The van der Waals surface area contributed by atoms with E-state index in [0.717, 1.165) is 17.8 Å². The van der Waals surface area contributed by atoms with Crippen molar-refractivity contribution in [1.82, 2.24) is 4.98 Å². The number of pyridine rings is 1. The third kappa shape index (κ3) is 3.04. The van der Waals surface area contributed by atoms with E-state index in [2.05, 4.69) is 41.5 Å². The van der Waals surface area contributed by atoms with Crippen molar-refractivity contribution < 1.29 is 0 Å². The van der Waals surface area contributed by atoms with Crippen LogP contribution in [0.4, 0.5) is 5.69 Å². The number of hydrogen-bond acceptors (Lipinski definition) is 3. The molecule has 0 atom stereocenters. The minimum Gasteiger partial charge on any atom is -0.381 e. The first-order valence-electron chi connectivity index (χ1n) is 5.72. The first-order valence-corrected chi connectivity index (χ1v) is 5.72. The normalized spacial score (nSPS) is 10.2. The lowest BCUT2D eigenvalue weighted by Crippen LogP contribution is -2.06. The molecular formula is C14H17N3. The molecule has 0 spiro atoms. The molecule has 2 rings (SSSR count). The molecule has 0 unspecified atom stereocenters. The molecule has 0 aliphatic rings. The predicted molar refractivity (Wildman–Crippen MR) is 70.6 cm³/mol. The van der Waals surface area contributed by atoms with E-state index in [1.165, 1.54) is 11.1 Å². The Bertz CT molecular complexity index is 477. The van der Waals surface area contributed by atoms with Gasteiger partial charge in [0.05, 0.1) is 0 Å². The number of benzene rings is 1. The summed E-state index contributed by atoms with van der Waals surface area (Å²) in [5, 5.41) is 3.38. The van der Waals surface area contributed by atoms with Crippen LogP contribution < -0.4 is 11.1 Å². The first kappa shape index (κ1) is 11.6. The summed E-state index contributed by atoms with van der Waals surface area (Å²) in [6, 6.07) is 10.4. The van der Waals surface area contributed by atoms with E-state index in [1.807, 2.05) is 12.3 Å². The van der Waals surface area contributed by atoms with Crippen LogP contribution in [0.25, 0.3) is 0 Å². The van der Waals surface area contributed by atoms with Crippen LogP contribution in [0.1, 0.15) is 16.7 Å². The van der Waals surface area contributed by atoms with Gasteiger partial charge in [0.25, 0.3) is 0 Å². The molecular weight excluding hydrogens is 210 g/mol. The molecule has 3 N–H and O–H groups in total. The molecule has 17 heavy (non-hydrogen) atoms. The van der Waals surface area contributed by atoms with Gasteiger partial charge in [0.15, 0.2) is 0 Å². The number of rotatable bonds is 4. The van der Waals surface area contributed by atoms with Gasteiger partial charge < -0.3 is 11.1 Å². The fourth-order valence-electron chi connectivity index (χ4n) is 1.68. The fourth-order valence-corrected chi connectivity index (χ4v) is 1.68. The average Bonchev–Trinajstić information content (AvgIpc) is 2.38. The van der Waals surface area contributed by atoms with E-state index < -0.39 is 0 Å². The lowest BCUT2D eigenvalue weighted by Gasteiger charge is -2.09. The Labute approximate surface area is 102 Å². The fraction of sp³-hybridized carbons (Fsp3) is 0.214. The number of hydrogen-bond donors (Lipinski definition) is 2. The van der Waals surface area contributed by atoms with Crippen LogP contribution in [0.5, 0.6) is 0 Å². The standard InChI is InChI=1S/C14H17N3/c1-11-2-4-14(5-3-11)17-10-12-6-7-16-9-13(12)8-15/h2-7,9,17H,8,10,15H2,1H3. The molecule has 2 aromatic rings. The van der Waals surface area contributed by atoms with Crippen LogP contribution in [0.15, 0.2) is 42.7 Å². The van der Waals surface area contributed by atoms with Gasteiger partial charge in [0.1, 0.15) is 0 Å². The van der Waals surface area contributed by atoms with Crippen LogP contribution in [-0.4, -0.2) is 4.98 Å². The van der Waals surface area contributed by atoms with Gasteiger partial charge in [0, 0.05) is 31.2 Å². The Kier molecular flexibility index (Phi) is 3.73. The van der Waals surface area contributed by atoms with E-state index in [-0.39, 0.29) is 0 Å². The Morgan fingerprint density at radius 1 is 1.12 bits per heavy atom. The summed E-state index contributed by atoms with van der Waals surface area (Å²) in [6.07, 6.45) is 3.62. The van der Waals surface area contributed by atoms with Crippen molar-refractivity contribution in [3.05, 3.63) is 59.4 Å². The summed E-state index contributed by atoms with van der Waals surface area (Å²) >= 11 is 0. The molecule has 0 fully saturated rings. The van der Waals surface area contributed by atoms with Gasteiger partial charge in [-0.3, -0.25) is 4.98 Å². The van der Waals surface area contributed by atoms with Gasteiger partial charge in [-0.1, -0.05) is 17.7 Å². The molecule has 1 aromatic carbocycles.